The van der Waals surface area contributed by atoms with Crippen LogP contribution in [0.1, 0.15) is 11.1 Å². The summed E-state index contributed by atoms with van der Waals surface area (Å²) >= 11 is 1.97. The fourth-order valence-corrected chi connectivity index (χ4v) is 6.31. The van der Waals surface area contributed by atoms with Crippen molar-refractivity contribution in [3.05, 3.63) is 96.1 Å². The van der Waals surface area contributed by atoms with Crippen LogP contribution in [0.5, 0.6) is 0 Å². The number of hydrogen-bond acceptors (Lipinski definition) is 1. The molecule has 0 N–H and O–H groups in total. The summed E-state index contributed by atoms with van der Waals surface area (Å²) in [4.78, 5) is 0. The molecule has 0 nitrogen and oxygen atoms in total. The van der Waals surface area contributed by atoms with Crippen molar-refractivity contribution in [3.8, 4) is 11.1 Å². The number of hydrogen-bond donors (Lipinski definition) is 0. The smallest absolute Gasteiger partial charge is 0.0433 e. The lowest BCUT2D eigenvalue weighted by atomic mass is 10.00. The average Bonchev–Trinajstić information content (AvgIpc) is 3.30. The van der Waals surface area contributed by atoms with Crippen molar-refractivity contribution >= 4 is 53.1 Å². The van der Waals surface area contributed by atoms with Gasteiger partial charge in [0.15, 0.2) is 0 Å². The molecule has 0 saturated carbocycles. The van der Waals surface area contributed by atoms with Crippen LogP contribution in [0.2, 0.25) is 0 Å². The predicted octanol–water partition coefficient (Wildman–Crippen LogP) is 7.93. The first kappa shape index (κ1) is 14.8. The molecule has 0 atom stereocenters. The van der Waals surface area contributed by atoms with Crippen LogP contribution in [0.4, 0.5) is 0 Å². The quantitative estimate of drug-likeness (QED) is 0.253. The summed E-state index contributed by atoms with van der Waals surface area (Å²) < 4.78 is 2.88. The SMILES string of the molecule is c1ccc2cc3c(cc2c1)Cc1c-3ccc2c1sc1c3ccccc3ccc21. The molecule has 1 aliphatic carbocycles. The maximum atomic E-state index is 2.39. The molecule has 0 unspecified atom stereocenters. The molecule has 28 heavy (non-hydrogen) atoms. The molecule has 1 aromatic heterocycles. The average molecular weight is 372 g/mol. The number of rotatable bonds is 0. The summed E-state index contributed by atoms with van der Waals surface area (Å²) in [6, 6.07) is 31.5. The lowest BCUT2D eigenvalue weighted by Gasteiger charge is -2.04. The second-order valence-corrected chi connectivity index (χ2v) is 8.79. The molecule has 1 heterocycles. The second kappa shape index (κ2) is 5.21. The molecule has 0 fully saturated rings. The van der Waals surface area contributed by atoms with E-state index in [9.17, 15) is 0 Å². The van der Waals surface area contributed by atoms with Gasteiger partial charge in [-0.05, 0) is 49.9 Å². The highest BCUT2D eigenvalue weighted by atomic mass is 32.1. The molecule has 0 aliphatic heterocycles. The molecule has 130 valence electrons. The fraction of sp³-hybridized carbons (Fsp3) is 0.0370. The van der Waals surface area contributed by atoms with Crippen LogP contribution in [0.3, 0.4) is 0 Å². The summed E-state index contributed by atoms with van der Waals surface area (Å²) in [5, 5.41) is 8.16. The van der Waals surface area contributed by atoms with Gasteiger partial charge in [0.25, 0.3) is 0 Å². The van der Waals surface area contributed by atoms with Crippen molar-refractivity contribution in [3.63, 3.8) is 0 Å². The van der Waals surface area contributed by atoms with Gasteiger partial charge >= 0.3 is 0 Å². The van der Waals surface area contributed by atoms with Gasteiger partial charge in [-0.3, -0.25) is 0 Å². The Bertz CT molecular complexity index is 1580. The molecule has 5 aromatic carbocycles. The van der Waals surface area contributed by atoms with E-state index in [2.05, 4.69) is 84.9 Å². The zero-order chi connectivity index (χ0) is 18.2. The van der Waals surface area contributed by atoms with Gasteiger partial charge in [-0.2, -0.15) is 0 Å². The normalized spacial score (nSPS) is 12.9. The minimum Gasteiger partial charge on any atom is -0.134 e. The lowest BCUT2D eigenvalue weighted by molar-refractivity contribution is 1.30. The van der Waals surface area contributed by atoms with Gasteiger partial charge in [-0.1, -0.05) is 78.9 Å². The molecule has 0 spiro atoms. The standard InChI is InChI=1S/C27H16S/c1-2-7-18-14-24-19(13-17(18)6-1)15-25-21(24)11-12-23-22-10-9-16-5-3-4-8-20(16)26(22)28-27(23)25/h1-14H,15H2. The van der Waals surface area contributed by atoms with E-state index in [1.54, 1.807) is 0 Å². The highest BCUT2D eigenvalue weighted by Crippen LogP contribution is 2.47. The Balaban J connectivity index is 1.57. The van der Waals surface area contributed by atoms with Gasteiger partial charge in [-0.15, -0.1) is 11.3 Å². The van der Waals surface area contributed by atoms with Crippen molar-refractivity contribution in [2.24, 2.45) is 0 Å². The van der Waals surface area contributed by atoms with Crippen molar-refractivity contribution in [1.82, 2.24) is 0 Å². The Kier molecular flexibility index (Phi) is 2.76. The highest BCUT2D eigenvalue weighted by molar-refractivity contribution is 7.27. The molecule has 7 rings (SSSR count). The Labute approximate surface area is 166 Å². The molecule has 6 aromatic rings. The third kappa shape index (κ3) is 1.85. The van der Waals surface area contributed by atoms with E-state index < -0.39 is 0 Å². The van der Waals surface area contributed by atoms with E-state index in [1.807, 2.05) is 11.3 Å². The van der Waals surface area contributed by atoms with Crippen LogP contribution in [0, 0.1) is 0 Å². The minimum atomic E-state index is 1.04. The summed E-state index contributed by atoms with van der Waals surface area (Å²) in [6.45, 7) is 0. The lowest BCUT2D eigenvalue weighted by Crippen LogP contribution is -1.81. The van der Waals surface area contributed by atoms with Crippen LogP contribution in [0.25, 0.3) is 52.8 Å². The third-order valence-corrected chi connectivity index (χ3v) is 7.58. The van der Waals surface area contributed by atoms with Crippen LogP contribution < -0.4 is 0 Å². The van der Waals surface area contributed by atoms with E-state index >= 15 is 0 Å². The monoisotopic (exact) mass is 372 g/mol. The van der Waals surface area contributed by atoms with Crippen LogP contribution >= 0.6 is 11.3 Å². The summed E-state index contributed by atoms with van der Waals surface area (Å²) in [5.41, 5.74) is 5.80. The molecule has 0 bridgehead atoms. The van der Waals surface area contributed by atoms with E-state index in [4.69, 9.17) is 0 Å². The molecule has 0 amide bonds. The number of fused-ring (bicyclic) bond motifs is 10. The van der Waals surface area contributed by atoms with Crippen molar-refractivity contribution in [1.29, 1.82) is 0 Å². The summed E-state index contributed by atoms with van der Waals surface area (Å²) in [6.07, 6.45) is 1.04. The molecule has 0 saturated heterocycles. The first-order valence-corrected chi connectivity index (χ1v) is 10.6. The zero-order valence-electron chi connectivity index (χ0n) is 15.2. The van der Waals surface area contributed by atoms with Gasteiger partial charge in [0.05, 0.1) is 0 Å². The van der Waals surface area contributed by atoms with Gasteiger partial charge in [0.1, 0.15) is 0 Å². The Morgan fingerprint density at radius 3 is 2.14 bits per heavy atom. The highest BCUT2D eigenvalue weighted by Gasteiger charge is 2.23. The molecular formula is C27H16S. The minimum absolute atomic E-state index is 1.04. The Hall–Kier alpha value is -3.16. The maximum Gasteiger partial charge on any atom is 0.0433 e. The molecule has 1 aliphatic rings. The van der Waals surface area contributed by atoms with Gasteiger partial charge in [0, 0.05) is 26.6 Å². The Morgan fingerprint density at radius 1 is 0.536 bits per heavy atom. The van der Waals surface area contributed by atoms with E-state index in [0.29, 0.717) is 0 Å². The molecule has 1 heteroatoms. The van der Waals surface area contributed by atoms with Crippen LogP contribution in [-0.2, 0) is 6.42 Å². The van der Waals surface area contributed by atoms with Gasteiger partial charge < -0.3 is 0 Å². The van der Waals surface area contributed by atoms with Crippen molar-refractivity contribution in [2.75, 3.05) is 0 Å². The predicted molar refractivity (Wildman–Crippen MR) is 123 cm³/mol. The first-order valence-electron chi connectivity index (χ1n) is 9.75. The third-order valence-electron chi connectivity index (χ3n) is 6.26. The summed E-state index contributed by atoms with van der Waals surface area (Å²) in [5.74, 6) is 0. The summed E-state index contributed by atoms with van der Waals surface area (Å²) in [7, 11) is 0. The van der Waals surface area contributed by atoms with E-state index in [1.165, 1.54) is 64.0 Å². The van der Waals surface area contributed by atoms with E-state index in [0.717, 1.165) is 6.42 Å². The number of benzene rings is 5. The fourth-order valence-electron chi connectivity index (χ4n) is 4.93. The van der Waals surface area contributed by atoms with Crippen LogP contribution in [0.15, 0.2) is 84.9 Å². The maximum absolute atomic E-state index is 2.39. The zero-order valence-corrected chi connectivity index (χ0v) is 16.0. The van der Waals surface area contributed by atoms with Gasteiger partial charge in [-0.25, -0.2) is 0 Å². The largest absolute Gasteiger partial charge is 0.134 e. The second-order valence-electron chi connectivity index (χ2n) is 7.77. The van der Waals surface area contributed by atoms with E-state index in [-0.39, 0.29) is 0 Å². The number of thiophene rings is 1. The van der Waals surface area contributed by atoms with Crippen molar-refractivity contribution < 1.29 is 0 Å². The van der Waals surface area contributed by atoms with Gasteiger partial charge in [0.2, 0.25) is 0 Å². The van der Waals surface area contributed by atoms with Crippen LogP contribution in [-0.4, -0.2) is 0 Å². The first-order chi connectivity index (χ1) is 13.9. The molecular weight excluding hydrogens is 356 g/mol. The topological polar surface area (TPSA) is 0 Å². The Morgan fingerprint density at radius 2 is 1.25 bits per heavy atom. The molecule has 0 radical (unpaired) electrons. The van der Waals surface area contributed by atoms with Crippen molar-refractivity contribution in [2.45, 2.75) is 6.42 Å².